The van der Waals surface area contributed by atoms with E-state index < -0.39 is 16.6 Å². The largest absolute Gasteiger partial charge is 0.346 e. The van der Waals surface area contributed by atoms with E-state index in [1.807, 2.05) is 19.1 Å². The Morgan fingerprint density at radius 3 is 2.59 bits per heavy atom. The number of fused-ring (bicyclic) bond motifs is 6. The van der Waals surface area contributed by atoms with Crippen LogP contribution >= 0.6 is 0 Å². The number of allylic oxidation sites excluding steroid dienone is 4. The van der Waals surface area contributed by atoms with Gasteiger partial charge in [-0.05, 0) is 27.2 Å². The van der Waals surface area contributed by atoms with E-state index >= 15 is 0 Å². The topological polar surface area (TPSA) is 46.7 Å². The van der Waals surface area contributed by atoms with Gasteiger partial charge in [-0.1, -0.05) is 23.3 Å². The van der Waals surface area contributed by atoms with E-state index in [1.54, 1.807) is 13.8 Å². The Kier molecular flexibility index (Phi) is 1.26. The van der Waals surface area contributed by atoms with E-state index in [-0.39, 0.29) is 17.5 Å². The Morgan fingerprint density at radius 1 is 1.18 bits per heavy atom. The van der Waals surface area contributed by atoms with Crippen LogP contribution in [0, 0.1) is 11.3 Å². The van der Waals surface area contributed by atoms with Crippen molar-refractivity contribution in [3.63, 3.8) is 0 Å². The summed E-state index contributed by atoms with van der Waals surface area (Å²) in [6.07, 6.45) is 4.80. The molecule has 4 unspecified atom stereocenters. The van der Waals surface area contributed by atoms with Crippen molar-refractivity contribution in [3.05, 3.63) is 23.3 Å². The number of Topliss-reactive ketones (excluding diaryl/α,β-unsaturated/α-hetero) is 2. The number of hydrogen-bond acceptors (Lipinski definition) is 3. The third kappa shape index (κ3) is 0.699. The Labute approximate surface area is 99.5 Å². The van der Waals surface area contributed by atoms with Crippen molar-refractivity contribution in [1.29, 1.82) is 0 Å². The third-order valence-corrected chi connectivity index (χ3v) is 5.42. The molecule has 2 saturated carbocycles. The van der Waals surface area contributed by atoms with Crippen molar-refractivity contribution in [3.8, 4) is 0 Å². The molecule has 0 N–H and O–H groups in total. The summed E-state index contributed by atoms with van der Waals surface area (Å²) < 4.78 is 5.55. The fourth-order valence-electron chi connectivity index (χ4n) is 4.07. The van der Waals surface area contributed by atoms with E-state index in [4.69, 9.17) is 4.74 Å². The standard InChI is InChI=1S/C14H14O3/c1-12-8-5-4-7(6-8)9(12)10(15)13(2)14(3,17-13)11(12)16/h4-5,9H,6H2,1-3H3. The maximum Gasteiger partial charge on any atom is 0.178 e. The molecule has 2 bridgehead atoms. The van der Waals surface area contributed by atoms with Gasteiger partial charge in [0.1, 0.15) is 0 Å². The Morgan fingerprint density at radius 2 is 1.88 bits per heavy atom. The molecule has 0 aromatic heterocycles. The van der Waals surface area contributed by atoms with Crippen LogP contribution in [0.4, 0.5) is 0 Å². The predicted octanol–water partition coefficient (Wildman–Crippen LogP) is 1.58. The second-order valence-corrected chi connectivity index (χ2v) is 6.11. The monoisotopic (exact) mass is 230 g/mol. The number of carbonyl (C=O) groups is 2. The van der Waals surface area contributed by atoms with Gasteiger partial charge in [-0.15, -0.1) is 0 Å². The molecule has 88 valence electrons. The van der Waals surface area contributed by atoms with Crippen LogP contribution in [0.2, 0.25) is 0 Å². The normalized spacial score (nSPS) is 54.2. The zero-order valence-electron chi connectivity index (χ0n) is 10.2. The van der Waals surface area contributed by atoms with E-state index in [1.165, 1.54) is 0 Å². The highest BCUT2D eigenvalue weighted by atomic mass is 16.6. The number of ketones is 2. The number of rotatable bonds is 0. The molecule has 1 heterocycles. The van der Waals surface area contributed by atoms with Crippen LogP contribution in [0.3, 0.4) is 0 Å². The van der Waals surface area contributed by atoms with Crippen LogP contribution in [-0.2, 0) is 14.3 Å². The summed E-state index contributed by atoms with van der Waals surface area (Å²) in [5, 5.41) is 0. The first-order valence-corrected chi connectivity index (χ1v) is 6.05. The maximum absolute atomic E-state index is 12.7. The lowest BCUT2D eigenvalue weighted by atomic mass is 9.58. The second-order valence-electron chi connectivity index (χ2n) is 6.11. The molecule has 3 nitrogen and oxygen atoms in total. The van der Waals surface area contributed by atoms with Crippen LogP contribution in [0.1, 0.15) is 27.2 Å². The van der Waals surface area contributed by atoms with Gasteiger partial charge >= 0.3 is 0 Å². The zero-order chi connectivity index (χ0) is 12.2. The van der Waals surface area contributed by atoms with Crippen molar-refractivity contribution in [1.82, 2.24) is 0 Å². The smallest absolute Gasteiger partial charge is 0.178 e. The van der Waals surface area contributed by atoms with Gasteiger partial charge in [0.05, 0.1) is 11.3 Å². The van der Waals surface area contributed by atoms with Gasteiger partial charge in [0.15, 0.2) is 22.8 Å². The van der Waals surface area contributed by atoms with Crippen molar-refractivity contribution >= 4 is 11.6 Å². The van der Waals surface area contributed by atoms with E-state index in [9.17, 15) is 9.59 Å². The van der Waals surface area contributed by atoms with Crippen LogP contribution < -0.4 is 0 Å². The molecule has 4 rings (SSSR count). The van der Waals surface area contributed by atoms with Crippen molar-refractivity contribution in [2.24, 2.45) is 11.3 Å². The van der Waals surface area contributed by atoms with Crippen molar-refractivity contribution in [2.45, 2.75) is 38.4 Å². The molecule has 1 aliphatic heterocycles. The molecule has 4 atom stereocenters. The summed E-state index contributed by atoms with van der Waals surface area (Å²) in [4.78, 5) is 25.3. The van der Waals surface area contributed by atoms with Gasteiger partial charge < -0.3 is 4.74 Å². The van der Waals surface area contributed by atoms with Gasteiger partial charge in [-0.25, -0.2) is 0 Å². The lowest BCUT2D eigenvalue weighted by molar-refractivity contribution is -0.141. The first-order chi connectivity index (χ1) is 7.85. The molecule has 0 aromatic carbocycles. The second kappa shape index (κ2) is 2.19. The van der Waals surface area contributed by atoms with Crippen molar-refractivity contribution in [2.75, 3.05) is 0 Å². The first-order valence-electron chi connectivity index (χ1n) is 6.05. The van der Waals surface area contributed by atoms with Gasteiger partial charge in [0.25, 0.3) is 0 Å². The quantitative estimate of drug-likeness (QED) is 0.593. The average molecular weight is 230 g/mol. The van der Waals surface area contributed by atoms with Gasteiger partial charge in [-0.2, -0.15) is 0 Å². The summed E-state index contributed by atoms with van der Waals surface area (Å²) in [6.45, 7) is 5.43. The summed E-state index contributed by atoms with van der Waals surface area (Å²) in [5.41, 5.74) is -0.206. The minimum Gasteiger partial charge on any atom is -0.346 e. The number of hydrogen-bond donors (Lipinski definition) is 0. The van der Waals surface area contributed by atoms with Crippen LogP contribution in [0.15, 0.2) is 23.3 Å². The van der Waals surface area contributed by atoms with Gasteiger partial charge in [-0.3, -0.25) is 9.59 Å². The van der Waals surface area contributed by atoms with E-state index in [0.717, 1.165) is 17.6 Å². The number of carbonyl (C=O) groups excluding carboxylic acids is 2. The summed E-state index contributed by atoms with van der Waals surface area (Å²) in [7, 11) is 0. The van der Waals surface area contributed by atoms with Gasteiger partial charge in [0, 0.05) is 0 Å². The van der Waals surface area contributed by atoms with Crippen LogP contribution in [0.5, 0.6) is 0 Å². The molecule has 3 heteroatoms. The van der Waals surface area contributed by atoms with Crippen LogP contribution in [0.25, 0.3) is 0 Å². The highest BCUT2D eigenvalue weighted by Crippen LogP contribution is 2.67. The number of epoxide rings is 1. The first kappa shape index (κ1) is 9.77. The molecule has 0 spiro atoms. The van der Waals surface area contributed by atoms with Crippen molar-refractivity contribution < 1.29 is 14.3 Å². The molecular weight excluding hydrogens is 216 g/mol. The molecule has 3 aliphatic carbocycles. The molecule has 0 amide bonds. The minimum atomic E-state index is -0.888. The highest BCUT2D eigenvalue weighted by molar-refractivity contribution is 6.16. The fraction of sp³-hybridized carbons (Fsp3) is 0.571. The minimum absolute atomic E-state index is 0.0893. The summed E-state index contributed by atoms with van der Waals surface area (Å²) in [5.74, 6) is -0.0847. The fourth-order valence-corrected chi connectivity index (χ4v) is 4.07. The SMILES string of the molecule is CC12C(=O)C3(C)OC3(C)C(=O)C1C1=CC=C2C1. The van der Waals surface area contributed by atoms with Crippen LogP contribution in [-0.4, -0.2) is 22.8 Å². The molecule has 4 aliphatic rings. The molecule has 0 radical (unpaired) electrons. The maximum atomic E-state index is 12.7. The molecular formula is C14H14O3. The molecule has 1 saturated heterocycles. The summed E-state index contributed by atoms with van der Waals surface area (Å²) >= 11 is 0. The zero-order valence-corrected chi connectivity index (χ0v) is 10.2. The summed E-state index contributed by atoms with van der Waals surface area (Å²) in [6, 6.07) is 0. The highest BCUT2D eigenvalue weighted by Gasteiger charge is 2.82. The Balaban J connectivity index is 1.98. The predicted molar refractivity (Wildman–Crippen MR) is 60.3 cm³/mol. The molecule has 3 fully saturated rings. The van der Waals surface area contributed by atoms with E-state index in [0.29, 0.717) is 0 Å². The molecule has 17 heavy (non-hydrogen) atoms. The Hall–Kier alpha value is -1.22. The Bertz CT molecular complexity index is 570. The van der Waals surface area contributed by atoms with E-state index in [2.05, 4.69) is 0 Å². The number of ether oxygens (including phenoxy) is 1. The average Bonchev–Trinajstić information content (AvgIpc) is 2.69. The lowest BCUT2D eigenvalue weighted by Gasteiger charge is -2.38. The lowest BCUT2D eigenvalue weighted by Crippen LogP contribution is -2.56. The third-order valence-electron chi connectivity index (χ3n) is 5.42. The van der Waals surface area contributed by atoms with Gasteiger partial charge in [0.2, 0.25) is 0 Å². The molecule has 0 aromatic rings.